The zero-order valence-corrected chi connectivity index (χ0v) is 11.4. The molecule has 13 heavy (non-hydrogen) atoms. The van der Waals surface area contributed by atoms with Gasteiger partial charge in [0.05, 0.1) is 8.07 Å². The van der Waals surface area contributed by atoms with Gasteiger partial charge in [-0.05, 0) is 12.5 Å². The molecule has 1 atom stereocenters. The van der Waals surface area contributed by atoms with Crippen LogP contribution in [0.15, 0.2) is 24.3 Å². The molecule has 0 nitrogen and oxygen atoms in total. The summed E-state index contributed by atoms with van der Waals surface area (Å²) in [6.45, 7) is 9.31. The molecule has 0 amide bonds. The first-order chi connectivity index (χ1) is 5.91. The first-order valence-corrected chi connectivity index (χ1v) is 9.07. The Labute approximate surface area is 90.5 Å². The van der Waals surface area contributed by atoms with Crippen molar-refractivity contribution in [1.29, 1.82) is 0 Å². The SMILES string of the molecule is CC(Br)c1cccc([Si](C)(C)C)c1. The Morgan fingerprint density at radius 2 is 1.85 bits per heavy atom. The lowest BCUT2D eigenvalue weighted by atomic mass is 10.2. The Kier molecular flexibility index (Phi) is 3.36. The lowest BCUT2D eigenvalue weighted by molar-refractivity contribution is 1.13. The van der Waals surface area contributed by atoms with Gasteiger partial charge in [-0.3, -0.25) is 0 Å². The first kappa shape index (κ1) is 11.0. The van der Waals surface area contributed by atoms with Gasteiger partial charge < -0.3 is 0 Å². The quantitative estimate of drug-likeness (QED) is 0.560. The maximum absolute atomic E-state index is 3.60. The summed E-state index contributed by atoms with van der Waals surface area (Å²) >= 11 is 3.60. The number of benzene rings is 1. The van der Waals surface area contributed by atoms with E-state index in [4.69, 9.17) is 0 Å². The van der Waals surface area contributed by atoms with Gasteiger partial charge in [-0.1, -0.05) is 65.0 Å². The van der Waals surface area contributed by atoms with E-state index in [-0.39, 0.29) is 0 Å². The Bertz CT molecular complexity index is 286. The fourth-order valence-electron chi connectivity index (χ4n) is 1.25. The second kappa shape index (κ2) is 3.97. The minimum absolute atomic E-state index is 0.462. The molecule has 0 aliphatic rings. The molecule has 2 heteroatoms. The van der Waals surface area contributed by atoms with E-state index < -0.39 is 8.07 Å². The van der Waals surface area contributed by atoms with Gasteiger partial charge in [-0.15, -0.1) is 0 Å². The first-order valence-electron chi connectivity index (χ1n) is 4.66. The predicted molar refractivity (Wildman–Crippen MR) is 66.8 cm³/mol. The maximum atomic E-state index is 3.60. The largest absolute Gasteiger partial charge is 0.0842 e. The summed E-state index contributed by atoms with van der Waals surface area (Å²) < 4.78 is 0. The number of halogens is 1. The van der Waals surface area contributed by atoms with Gasteiger partial charge in [-0.25, -0.2) is 0 Å². The van der Waals surface area contributed by atoms with Crippen LogP contribution in [-0.4, -0.2) is 8.07 Å². The highest BCUT2D eigenvalue weighted by Crippen LogP contribution is 2.20. The summed E-state index contributed by atoms with van der Waals surface area (Å²) in [4.78, 5) is 0.462. The molecule has 0 aliphatic carbocycles. The standard InChI is InChI=1S/C11H17BrSi/c1-9(12)10-6-5-7-11(8-10)13(2,3)4/h5-9H,1-4H3. The fraction of sp³-hybridized carbons (Fsp3) is 0.455. The second-order valence-corrected chi connectivity index (χ2v) is 10.9. The molecule has 0 saturated heterocycles. The van der Waals surface area contributed by atoms with Crippen molar-refractivity contribution >= 4 is 29.2 Å². The van der Waals surface area contributed by atoms with Crippen molar-refractivity contribution in [3.05, 3.63) is 29.8 Å². The second-order valence-electron chi connectivity index (χ2n) is 4.49. The third-order valence-corrected chi connectivity index (χ3v) is 4.78. The average molecular weight is 257 g/mol. The van der Waals surface area contributed by atoms with Crippen LogP contribution in [0.1, 0.15) is 17.3 Å². The molecular weight excluding hydrogens is 240 g/mol. The highest BCUT2D eigenvalue weighted by molar-refractivity contribution is 9.09. The summed E-state index contributed by atoms with van der Waals surface area (Å²) in [6, 6.07) is 8.94. The van der Waals surface area contributed by atoms with E-state index in [2.05, 4.69) is 66.8 Å². The Hall–Kier alpha value is -0.0831. The highest BCUT2D eigenvalue weighted by Gasteiger charge is 2.16. The lowest BCUT2D eigenvalue weighted by Gasteiger charge is -2.18. The molecule has 1 unspecified atom stereocenters. The van der Waals surface area contributed by atoms with Crippen molar-refractivity contribution in [3.8, 4) is 0 Å². The van der Waals surface area contributed by atoms with Gasteiger partial charge in [-0.2, -0.15) is 0 Å². The van der Waals surface area contributed by atoms with Crippen molar-refractivity contribution in [1.82, 2.24) is 0 Å². The Morgan fingerprint density at radius 1 is 1.23 bits per heavy atom. The van der Waals surface area contributed by atoms with Crippen molar-refractivity contribution in [2.75, 3.05) is 0 Å². The van der Waals surface area contributed by atoms with Crippen LogP contribution in [0.5, 0.6) is 0 Å². The molecule has 0 heterocycles. The third kappa shape index (κ3) is 2.95. The van der Waals surface area contributed by atoms with Crippen molar-refractivity contribution < 1.29 is 0 Å². The molecule has 1 rings (SSSR count). The van der Waals surface area contributed by atoms with E-state index in [0.717, 1.165) is 0 Å². The minimum Gasteiger partial charge on any atom is -0.0842 e. The molecule has 0 saturated carbocycles. The molecule has 1 aromatic rings. The monoisotopic (exact) mass is 256 g/mol. The zero-order chi connectivity index (χ0) is 10.1. The number of hydrogen-bond acceptors (Lipinski definition) is 0. The van der Waals surface area contributed by atoms with E-state index in [1.165, 1.54) is 10.8 Å². The molecule has 1 aromatic carbocycles. The lowest BCUT2D eigenvalue weighted by Crippen LogP contribution is -2.37. The summed E-state index contributed by atoms with van der Waals surface area (Å²) in [5.41, 5.74) is 1.39. The number of alkyl halides is 1. The molecule has 0 spiro atoms. The molecule has 0 bridgehead atoms. The summed E-state index contributed by atoms with van der Waals surface area (Å²) in [5, 5.41) is 1.54. The minimum atomic E-state index is -1.13. The van der Waals surface area contributed by atoms with E-state index in [1.54, 1.807) is 0 Å². The number of hydrogen-bond donors (Lipinski definition) is 0. The van der Waals surface area contributed by atoms with Gasteiger partial charge in [0.1, 0.15) is 0 Å². The molecule has 0 fully saturated rings. The Morgan fingerprint density at radius 3 is 2.31 bits per heavy atom. The van der Waals surface area contributed by atoms with E-state index in [0.29, 0.717) is 4.83 Å². The van der Waals surface area contributed by atoms with Gasteiger partial charge in [0.15, 0.2) is 0 Å². The predicted octanol–water partition coefficient (Wildman–Crippen LogP) is 3.69. The molecular formula is C11H17BrSi. The van der Waals surface area contributed by atoms with E-state index in [9.17, 15) is 0 Å². The topological polar surface area (TPSA) is 0 Å². The van der Waals surface area contributed by atoms with Crippen LogP contribution in [0.2, 0.25) is 19.6 Å². The highest BCUT2D eigenvalue weighted by atomic mass is 79.9. The average Bonchev–Trinajstić information content (AvgIpc) is 2.03. The van der Waals surface area contributed by atoms with Gasteiger partial charge in [0, 0.05) is 4.83 Å². The molecule has 0 radical (unpaired) electrons. The smallest absolute Gasteiger partial charge is 0.0776 e. The summed E-state index contributed by atoms with van der Waals surface area (Å²) in [6.07, 6.45) is 0. The summed E-state index contributed by atoms with van der Waals surface area (Å²) in [5.74, 6) is 0. The van der Waals surface area contributed by atoms with Gasteiger partial charge in [0.25, 0.3) is 0 Å². The van der Waals surface area contributed by atoms with E-state index in [1.807, 2.05) is 0 Å². The van der Waals surface area contributed by atoms with Gasteiger partial charge in [0.2, 0.25) is 0 Å². The summed E-state index contributed by atoms with van der Waals surface area (Å²) in [7, 11) is -1.13. The van der Waals surface area contributed by atoms with Crippen LogP contribution < -0.4 is 5.19 Å². The molecule has 0 N–H and O–H groups in total. The van der Waals surface area contributed by atoms with Crippen molar-refractivity contribution in [3.63, 3.8) is 0 Å². The zero-order valence-electron chi connectivity index (χ0n) is 8.76. The van der Waals surface area contributed by atoms with Crippen molar-refractivity contribution in [2.24, 2.45) is 0 Å². The van der Waals surface area contributed by atoms with Crippen LogP contribution in [0.25, 0.3) is 0 Å². The van der Waals surface area contributed by atoms with Crippen LogP contribution in [0.4, 0.5) is 0 Å². The van der Waals surface area contributed by atoms with Gasteiger partial charge >= 0.3 is 0 Å². The molecule has 0 aliphatic heterocycles. The normalized spacial score (nSPS) is 14.2. The van der Waals surface area contributed by atoms with E-state index >= 15 is 0 Å². The number of rotatable bonds is 2. The van der Waals surface area contributed by atoms with Crippen LogP contribution >= 0.6 is 15.9 Å². The van der Waals surface area contributed by atoms with Crippen LogP contribution in [0, 0.1) is 0 Å². The van der Waals surface area contributed by atoms with Crippen LogP contribution in [-0.2, 0) is 0 Å². The van der Waals surface area contributed by atoms with Crippen molar-refractivity contribution in [2.45, 2.75) is 31.4 Å². The fourth-order valence-corrected chi connectivity index (χ4v) is 2.73. The third-order valence-electron chi connectivity index (χ3n) is 2.21. The Balaban J connectivity index is 3.06. The molecule has 72 valence electrons. The maximum Gasteiger partial charge on any atom is 0.0776 e. The molecule has 0 aromatic heterocycles. The van der Waals surface area contributed by atoms with Crippen LogP contribution in [0.3, 0.4) is 0 Å².